The molecule has 4 rings (SSSR count). The number of ketones is 1. The molecule has 1 atom stereocenters. The lowest BCUT2D eigenvalue weighted by Gasteiger charge is -2.14. The van der Waals surface area contributed by atoms with Crippen LogP contribution in [-0.4, -0.2) is 28.0 Å². The summed E-state index contributed by atoms with van der Waals surface area (Å²) in [5.74, 6) is 0.618. The molecular weight excluding hydrogens is 412 g/mol. The number of aromatic amines is 1. The first-order chi connectivity index (χ1) is 15.0. The van der Waals surface area contributed by atoms with Crippen LogP contribution in [0.2, 0.25) is 0 Å². The van der Waals surface area contributed by atoms with Crippen LogP contribution in [0.4, 0.5) is 0 Å². The number of rotatable bonds is 7. The summed E-state index contributed by atoms with van der Waals surface area (Å²) in [4.78, 5) is 29.6. The summed E-state index contributed by atoms with van der Waals surface area (Å²) in [5, 5.41) is 4.78. The number of Topliss-reactive ketones (excluding diaryl/α,β-unsaturated/α-hetero) is 1. The van der Waals surface area contributed by atoms with E-state index in [1.807, 2.05) is 50.2 Å². The largest absolute Gasteiger partial charge is 0.451 e. The van der Waals surface area contributed by atoms with E-state index in [1.54, 1.807) is 25.3 Å². The average Bonchev–Trinajstić information content (AvgIpc) is 3.35. The lowest BCUT2D eigenvalue weighted by molar-refractivity contribution is 0.0316. The number of ether oxygens (including phenoxy) is 1. The highest BCUT2D eigenvalue weighted by Gasteiger charge is 2.24. The third kappa shape index (κ3) is 4.27. The molecular formula is C24H22N2O4S. The van der Waals surface area contributed by atoms with Gasteiger partial charge in [-0.1, -0.05) is 35.5 Å². The van der Waals surface area contributed by atoms with Crippen molar-refractivity contribution >= 4 is 34.4 Å². The molecule has 0 bridgehead atoms. The molecule has 158 valence electrons. The molecule has 6 nitrogen and oxygen atoms in total. The van der Waals surface area contributed by atoms with Crippen LogP contribution >= 0.6 is 11.8 Å². The Balaban J connectivity index is 1.49. The van der Waals surface area contributed by atoms with Crippen LogP contribution in [0.1, 0.15) is 44.7 Å². The number of aromatic nitrogens is 2. The van der Waals surface area contributed by atoms with E-state index in [4.69, 9.17) is 9.26 Å². The lowest BCUT2D eigenvalue weighted by Crippen LogP contribution is -2.24. The number of nitrogens with one attached hydrogen (secondary N) is 1. The first-order valence-electron chi connectivity index (χ1n) is 9.90. The quantitative estimate of drug-likeness (QED) is 0.235. The number of fused-ring (bicyclic) bond motifs is 1. The monoisotopic (exact) mass is 434 g/mol. The van der Waals surface area contributed by atoms with Crippen LogP contribution in [0.3, 0.4) is 0 Å². The molecule has 2 heterocycles. The molecule has 2 aromatic carbocycles. The standard InChI is InChI=1S/C24H22N2O4S/c1-14-20(15(2)30-26-14)13-31-22-11-7-5-9-18(22)24(28)29-16(3)23(27)19-12-25-21-10-6-4-8-17(19)21/h4-12,16,25H,13H2,1-3H3. The second-order valence-corrected chi connectivity index (χ2v) is 8.26. The van der Waals surface area contributed by atoms with Crippen LogP contribution in [-0.2, 0) is 10.5 Å². The van der Waals surface area contributed by atoms with Gasteiger partial charge in [0.25, 0.3) is 0 Å². The smallest absolute Gasteiger partial charge is 0.339 e. The van der Waals surface area contributed by atoms with E-state index in [-0.39, 0.29) is 5.78 Å². The Morgan fingerprint density at radius 1 is 1.10 bits per heavy atom. The van der Waals surface area contributed by atoms with Gasteiger partial charge in [-0.2, -0.15) is 0 Å². The van der Waals surface area contributed by atoms with Gasteiger partial charge >= 0.3 is 5.97 Å². The Kier molecular flexibility index (Phi) is 5.95. The minimum Gasteiger partial charge on any atom is -0.451 e. The highest BCUT2D eigenvalue weighted by Crippen LogP contribution is 2.29. The van der Waals surface area contributed by atoms with E-state index in [2.05, 4.69) is 10.1 Å². The number of carbonyl (C=O) groups excluding carboxylic acids is 2. The van der Waals surface area contributed by atoms with E-state index < -0.39 is 12.1 Å². The van der Waals surface area contributed by atoms with Crippen LogP contribution < -0.4 is 0 Å². The number of thioether (sulfide) groups is 1. The Labute approximate surface area is 184 Å². The number of para-hydroxylation sites is 1. The summed E-state index contributed by atoms with van der Waals surface area (Å²) in [6.07, 6.45) is 0.748. The van der Waals surface area contributed by atoms with E-state index in [9.17, 15) is 9.59 Å². The number of nitrogens with zero attached hydrogens (tertiary/aromatic N) is 1. The minimum atomic E-state index is -0.910. The fraction of sp³-hybridized carbons (Fsp3) is 0.208. The first kappa shape index (κ1) is 20.9. The van der Waals surface area contributed by atoms with Gasteiger partial charge in [-0.25, -0.2) is 4.79 Å². The van der Waals surface area contributed by atoms with Crippen molar-refractivity contribution in [2.45, 2.75) is 37.5 Å². The molecule has 0 spiro atoms. The lowest BCUT2D eigenvalue weighted by atomic mass is 10.1. The predicted molar refractivity (Wildman–Crippen MR) is 119 cm³/mol. The molecule has 0 aliphatic rings. The van der Waals surface area contributed by atoms with E-state index in [0.29, 0.717) is 16.9 Å². The molecule has 0 saturated carbocycles. The minimum absolute atomic E-state index is 0.244. The molecule has 7 heteroatoms. The third-order valence-corrected chi connectivity index (χ3v) is 6.27. The first-order valence-corrected chi connectivity index (χ1v) is 10.9. The van der Waals surface area contributed by atoms with Crippen molar-refractivity contribution in [3.05, 3.63) is 82.9 Å². The van der Waals surface area contributed by atoms with Crippen LogP contribution in [0.5, 0.6) is 0 Å². The van der Waals surface area contributed by atoms with Crippen LogP contribution in [0, 0.1) is 13.8 Å². The maximum atomic E-state index is 12.9. The Bertz CT molecular complexity index is 1240. The summed E-state index contributed by atoms with van der Waals surface area (Å²) in [6, 6.07) is 14.8. The van der Waals surface area contributed by atoms with E-state index in [0.717, 1.165) is 32.8 Å². The predicted octanol–water partition coefficient (Wildman–Crippen LogP) is 5.49. The number of H-pyrrole nitrogens is 1. The van der Waals surface area contributed by atoms with Gasteiger partial charge < -0.3 is 14.2 Å². The van der Waals surface area contributed by atoms with Gasteiger partial charge in [0.15, 0.2) is 6.10 Å². The molecule has 1 unspecified atom stereocenters. The van der Waals surface area contributed by atoms with Gasteiger partial charge in [-0.15, -0.1) is 11.8 Å². The molecule has 2 aromatic heterocycles. The maximum absolute atomic E-state index is 12.9. The molecule has 31 heavy (non-hydrogen) atoms. The van der Waals surface area contributed by atoms with Crippen LogP contribution in [0.25, 0.3) is 10.9 Å². The van der Waals surface area contributed by atoms with Crippen molar-refractivity contribution in [1.82, 2.24) is 10.1 Å². The molecule has 0 aliphatic heterocycles. The summed E-state index contributed by atoms with van der Waals surface area (Å²) in [6.45, 7) is 5.36. The Morgan fingerprint density at radius 2 is 1.84 bits per heavy atom. The highest BCUT2D eigenvalue weighted by molar-refractivity contribution is 7.98. The number of esters is 1. The van der Waals surface area contributed by atoms with Gasteiger partial charge in [-0.05, 0) is 39.0 Å². The Morgan fingerprint density at radius 3 is 2.61 bits per heavy atom. The van der Waals surface area contributed by atoms with E-state index in [1.165, 1.54) is 11.8 Å². The zero-order valence-electron chi connectivity index (χ0n) is 17.5. The topological polar surface area (TPSA) is 85.2 Å². The number of benzene rings is 2. The zero-order chi connectivity index (χ0) is 22.0. The van der Waals surface area contributed by atoms with Gasteiger partial charge in [0.05, 0.1) is 11.3 Å². The number of carbonyl (C=O) groups is 2. The van der Waals surface area contributed by atoms with Crippen molar-refractivity contribution in [1.29, 1.82) is 0 Å². The highest BCUT2D eigenvalue weighted by atomic mass is 32.2. The van der Waals surface area contributed by atoms with Crippen molar-refractivity contribution < 1.29 is 18.8 Å². The summed E-state index contributed by atoms with van der Waals surface area (Å²) in [5.41, 5.74) is 3.65. The van der Waals surface area contributed by atoms with Crippen molar-refractivity contribution in [3.8, 4) is 0 Å². The van der Waals surface area contributed by atoms with Gasteiger partial charge in [0.2, 0.25) is 5.78 Å². The van der Waals surface area contributed by atoms with Gasteiger partial charge in [0.1, 0.15) is 5.76 Å². The van der Waals surface area contributed by atoms with Crippen molar-refractivity contribution in [2.24, 2.45) is 0 Å². The molecule has 0 saturated heterocycles. The molecule has 0 fully saturated rings. The maximum Gasteiger partial charge on any atom is 0.339 e. The molecule has 4 aromatic rings. The molecule has 0 amide bonds. The number of aryl methyl sites for hydroxylation is 2. The fourth-order valence-electron chi connectivity index (χ4n) is 3.39. The normalized spacial score (nSPS) is 12.1. The van der Waals surface area contributed by atoms with Gasteiger partial charge in [0, 0.05) is 38.9 Å². The average molecular weight is 435 g/mol. The zero-order valence-corrected chi connectivity index (χ0v) is 18.3. The molecule has 1 N–H and O–H groups in total. The summed E-state index contributed by atoms with van der Waals surface area (Å²) < 4.78 is 10.8. The van der Waals surface area contributed by atoms with Crippen molar-refractivity contribution in [2.75, 3.05) is 0 Å². The molecule has 0 radical (unpaired) electrons. The second kappa shape index (κ2) is 8.81. The van der Waals surface area contributed by atoms with Crippen molar-refractivity contribution in [3.63, 3.8) is 0 Å². The summed E-state index contributed by atoms with van der Waals surface area (Å²) >= 11 is 1.51. The second-order valence-electron chi connectivity index (χ2n) is 7.25. The fourth-order valence-corrected chi connectivity index (χ4v) is 4.58. The van der Waals surface area contributed by atoms with E-state index >= 15 is 0 Å². The summed E-state index contributed by atoms with van der Waals surface area (Å²) in [7, 11) is 0. The Hall–Kier alpha value is -3.32. The number of hydrogen-bond donors (Lipinski definition) is 1. The van der Waals surface area contributed by atoms with Gasteiger partial charge in [-0.3, -0.25) is 4.79 Å². The van der Waals surface area contributed by atoms with Crippen LogP contribution in [0.15, 0.2) is 64.1 Å². The third-order valence-electron chi connectivity index (χ3n) is 5.17. The number of hydrogen-bond acceptors (Lipinski definition) is 6. The molecule has 0 aliphatic carbocycles. The SMILES string of the molecule is Cc1noc(C)c1CSc1ccccc1C(=O)OC(C)C(=O)c1c[nH]c2ccccc12.